The van der Waals surface area contributed by atoms with Gasteiger partial charge in [-0.15, -0.1) is 0 Å². The maximum Gasteiger partial charge on any atom is 0.0541 e. The molecule has 29 heavy (non-hydrogen) atoms. The van der Waals surface area contributed by atoms with Crippen LogP contribution in [0.3, 0.4) is 0 Å². The summed E-state index contributed by atoms with van der Waals surface area (Å²) in [5.74, 6) is 0.689. The number of aromatic amines is 1. The first-order valence-corrected chi connectivity index (χ1v) is 11.1. The third-order valence-corrected chi connectivity index (χ3v) is 7.46. The molecule has 1 atom stereocenters. The lowest BCUT2D eigenvalue weighted by atomic mass is 9.86. The van der Waals surface area contributed by atoms with Crippen molar-refractivity contribution in [3.05, 3.63) is 84.7 Å². The van der Waals surface area contributed by atoms with Crippen LogP contribution in [0.1, 0.15) is 19.4 Å². The molecular weight excluding hydrogens is 376 g/mol. The average molecular weight is 399 g/mol. The fourth-order valence-electron chi connectivity index (χ4n) is 4.11. The van der Waals surface area contributed by atoms with E-state index in [-0.39, 0.29) is 5.41 Å². The molecule has 0 bridgehead atoms. The Bertz CT molecular complexity index is 1150. The highest BCUT2D eigenvalue weighted by Crippen LogP contribution is 2.41. The molecule has 144 valence electrons. The Morgan fingerprint density at radius 2 is 1.66 bits per heavy atom. The summed E-state index contributed by atoms with van der Waals surface area (Å²) in [5, 5.41) is 0. The van der Waals surface area contributed by atoms with E-state index in [9.17, 15) is 4.21 Å². The summed E-state index contributed by atoms with van der Waals surface area (Å²) in [7, 11) is -0.908. The summed E-state index contributed by atoms with van der Waals surface area (Å²) >= 11 is 0. The van der Waals surface area contributed by atoms with Gasteiger partial charge in [0.25, 0.3) is 0 Å². The van der Waals surface area contributed by atoms with E-state index < -0.39 is 10.8 Å². The van der Waals surface area contributed by atoms with Crippen LogP contribution in [0.2, 0.25) is 0 Å². The lowest BCUT2D eigenvalue weighted by molar-refractivity contribution is 0.599. The lowest BCUT2D eigenvalue weighted by Gasteiger charge is -2.17. The number of hydrogen-bond acceptors (Lipinski definition) is 2. The van der Waals surface area contributed by atoms with Crippen LogP contribution in [0.4, 0.5) is 0 Å². The summed E-state index contributed by atoms with van der Waals surface area (Å²) in [4.78, 5) is 8.78. The molecule has 0 saturated carbocycles. The largest absolute Gasteiger partial charge is 0.354 e. The van der Waals surface area contributed by atoms with Crippen molar-refractivity contribution in [3.63, 3.8) is 0 Å². The van der Waals surface area contributed by atoms with Gasteiger partial charge in [0.1, 0.15) is 0 Å². The fraction of sp³-hybridized carbons (Fsp3) is 0.160. The van der Waals surface area contributed by atoms with E-state index >= 15 is 0 Å². The highest BCUT2D eigenvalue weighted by molar-refractivity contribution is 7.85. The quantitative estimate of drug-likeness (QED) is 0.473. The highest BCUT2D eigenvalue weighted by atomic mass is 32.2. The minimum Gasteiger partial charge on any atom is -0.354 e. The molecule has 2 aromatic heterocycles. The van der Waals surface area contributed by atoms with Crippen molar-refractivity contribution >= 4 is 10.8 Å². The van der Waals surface area contributed by atoms with Crippen LogP contribution in [0.15, 0.2) is 84.0 Å². The molecule has 1 aliphatic rings. The SMILES string of the molecule is CC1(C)CS(=O)c2ccc(-c3cc(-c4ccncc4)c(-c4ccccc4)[nH]3)cc21. The molecule has 0 radical (unpaired) electrons. The summed E-state index contributed by atoms with van der Waals surface area (Å²) in [6.07, 6.45) is 3.65. The Kier molecular flexibility index (Phi) is 4.25. The minimum atomic E-state index is -0.908. The van der Waals surface area contributed by atoms with Crippen LogP contribution >= 0.6 is 0 Å². The van der Waals surface area contributed by atoms with Crippen molar-refractivity contribution < 1.29 is 4.21 Å². The number of aromatic nitrogens is 2. The van der Waals surface area contributed by atoms with Crippen molar-refractivity contribution in [2.75, 3.05) is 5.75 Å². The normalized spacial score (nSPS) is 17.2. The molecule has 3 nitrogen and oxygen atoms in total. The Morgan fingerprint density at radius 3 is 2.41 bits per heavy atom. The molecule has 1 aliphatic heterocycles. The van der Waals surface area contributed by atoms with Crippen LogP contribution in [-0.2, 0) is 16.2 Å². The first-order chi connectivity index (χ1) is 14.0. The molecule has 1 N–H and O–H groups in total. The number of rotatable bonds is 3. The second-order valence-electron chi connectivity index (χ2n) is 8.16. The van der Waals surface area contributed by atoms with Crippen LogP contribution in [0.5, 0.6) is 0 Å². The number of fused-ring (bicyclic) bond motifs is 1. The van der Waals surface area contributed by atoms with E-state index in [1.807, 2.05) is 36.7 Å². The van der Waals surface area contributed by atoms with Crippen molar-refractivity contribution in [2.45, 2.75) is 24.2 Å². The molecule has 5 rings (SSSR count). The highest BCUT2D eigenvalue weighted by Gasteiger charge is 2.35. The summed E-state index contributed by atoms with van der Waals surface area (Å²) in [6, 6.07) is 23.0. The third kappa shape index (κ3) is 3.14. The number of benzene rings is 2. The Labute approximate surface area is 173 Å². The number of H-pyrrole nitrogens is 1. The second kappa shape index (κ2) is 6.82. The van der Waals surface area contributed by atoms with E-state index in [0.717, 1.165) is 38.5 Å². The second-order valence-corrected chi connectivity index (χ2v) is 9.58. The molecule has 4 heteroatoms. The van der Waals surface area contributed by atoms with Gasteiger partial charge in [0.15, 0.2) is 0 Å². The molecule has 3 heterocycles. The maximum atomic E-state index is 12.5. The van der Waals surface area contributed by atoms with E-state index in [4.69, 9.17) is 0 Å². The first-order valence-electron chi connectivity index (χ1n) is 9.75. The molecule has 0 fully saturated rings. The Hall–Kier alpha value is -2.98. The zero-order valence-electron chi connectivity index (χ0n) is 16.5. The molecule has 4 aromatic rings. The molecule has 0 spiro atoms. The van der Waals surface area contributed by atoms with Crippen molar-refractivity contribution in [3.8, 4) is 33.6 Å². The molecule has 0 saturated heterocycles. The number of nitrogens with one attached hydrogen (secondary N) is 1. The number of hydrogen-bond donors (Lipinski definition) is 1. The van der Waals surface area contributed by atoms with E-state index in [1.165, 1.54) is 5.56 Å². The van der Waals surface area contributed by atoms with Gasteiger partial charge in [-0.3, -0.25) is 9.19 Å². The number of nitrogens with zero attached hydrogens (tertiary/aromatic N) is 1. The van der Waals surface area contributed by atoms with Crippen LogP contribution < -0.4 is 0 Å². The van der Waals surface area contributed by atoms with E-state index in [0.29, 0.717) is 5.75 Å². The van der Waals surface area contributed by atoms with Crippen molar-refractivity contribution in [1.29, 1.82) is 0 Å². The van der Waals surface area contributed by atoms with Gasteiger partial charge in [0, 0.05) is 39.7 Å². The minimum absolute atomic E-state index is 0.0704. The molecular formula is C25H22N2OS. The third-order valence-electron chi connectivity index (χ3n) is 5.63. The first kappa shape index (κ1) is 18.1. The Morgan fingerprint density at radius 1 is 0.897 bits per heavy atom. The van der Waals surface area contributed by atoms with Gasteiger partial charge < -0.3 is 4.98 Å². The van der Waals surface area contributed by atoms with Gasteiger partial charge >= 0.3 is 0 Å². The van der Waals surface area contributed by atoms with Crippen LogP contribution in [0, 0.1) is 0 Å². The fourth-order valence-corrected chi connectivity index (χ4v) is 5.88. The zero-order chi connectivity index (χ0) is 20.0. The molecule has 0 amide bonds. The molecule has 2 aromatic carbocycles. The maximum absolute atomic E-state index is 12.5. The predicted octanol–water partition coefficient (Wildman–Crippen LogP) is 5.81. The summed E-state index contributed by atoms with van der Waals surface area (Å²) in [5.41, 5.74) is 7.82. The van der Waals surface area contributed by atoms with Crippen LogP contribution in [-0.4, -0.2) is 19.9 Å². The standard InChI is InChI=1S/C25H22N2OS/c1-25(2)16-29(28)23-9-8-19(14-21(23)25)22-15-20(17-10-12-26-13-11-17)24(27-22)18-6-4-3-5-7-18/h3-15,27H,16H2,1-2H3. The number of pyridine rings is 1. The monoisotopic (exact) mass is 398 g/mol. The topological polar surface area (TPSA) is 45.8 Å². The molecule has 1 unspecified atom stereocenters. The van der Waals surface area contributed by atoms with Gasteiger partial charge in [-0.25, -0.2) is 0 Å². The summed E-state index contributed by atoms with van der Waals surface area (Å²) in [6.45, 7) is 4.35. The van der Waals surface area contributed by atoms with Gasteiger partial charge in [0.2, 0.25) is 0 Å². The average Bonchev–Trinajstić information content (AvgIpc) is 3.28. The van der Waals surface area contributed by atoms with E-state index in [1.54, 1.807) is 0 Å². The van der Waals surface area contributed by atoms with Gasteiger partial charge in [-0.05, 0) is 52.6 Å². The smallest absolute Gasteiger partial charge is 0.0541 e. The van der Waals surface area contributed by atoms with Gasteiger partial charge in [0.05, 0.1) is 16.5 Å². The lowest BCUT2D eigenvalue weighted by Crippen LogP contribution is -2.17. The summed E-state index contributed by atoms with van der Waals surface area (Å²) < 4.78 is 12.5. The van der Waals surface area contributed by atoms with Crippen molar-refractivity contribution in [2.24, 2.45) is 0 Å². The predicted molar refractivity (Wildman–Crippen MR) is 119 cm³/mol. The van der Waals surface area contributed by atoms with E-state index in [2.05, 4.69) is 66.3 Å². The van der Waals surface area contributed by atoms with Gasteiger partial charge in [-0.1, -0.05) is 50.2 Å². The molecule has 0 aliphatic carbocycles. The van der Waals surface area contributed by atoms with Crippen molar-refractivity contribution in [1.82, 2.24) is 9.97 Å². The van der Waals surface area contributed by atoms with Gasteiger partial charge in [-0.2, -0.15) is 0 Å². The van der Waals surface area contributed by atoms with Crippen LogP contribution in [0.25, 0.3) is 33.6 Å². The Balaban J connectivity index is 1.68. The zero-order valence-corrected chi connectivity index (χ0v) is 17.3.